The van der Waals surface area contributed by atoms with E-state index in [9.17, 15) is 4.79 Å². The number of aryl methyl sites for hydroxylation is 1. The number of aromatic nitrogens is 2. The topological polar surface area (TPSA) is 71.4 Å². The number of carbonyl (C=O) groups is 1. The van der Waals surface area contributed by atoms with Gasteiger partial charge < -0.3 is 15.4 Å². The van der Waals surface area contributed by atoms with Gasteiger partial charge in [0, 0.05) is 54.6 Å². The molecular weight excluding hydrogens is 462 g/mol. The number of hydrogen-bond acceptors (Lipinski definition) is 5. The van der Waals surface area contributed by atoms with Crippen LogP contribution in [0.25, 0.3) is 0 Å². The van der Waals surface area contributed by atoms with Gasteiger partial charge in [0.15, 0.2) is 0 Å². The van der Waals surface area contributed by atoms with Crippen LogP contribution in [0.5, 0.6) is 0 Å². The highest BCUT2D eigenvalue weighted by molar-refractivity contribution is 6.03. The van der Waals surface area contributed by atoms with E-state index >= 15 is 0 Å². The third kappa shape index (κ3) is 7.69. The highest BCUT2D eigenvalue weighted by atomic mass is 16.5. The summed E-state index contributed by atoms with van der Waals surface area (Å²) in [5.74, 6) is 6.23. The molecule has 2 N–H and O–H groups in total. The minimum Gasteiger partial charge on any atom is -0.385 e. The zero-order valence-electron chi connectivity index (χ0n) is 22.3. The first-order valence-electron chi connectivity index (χ1n) is 12.9. The summed E-state index contributed by atoms with van der Waals surface area (Å²) in [6, 6.07) is 17.6. The number of anilines is 2. The first-order chi connectivity index (χ1) is 17.8. The van der Waals surface area contributed by atoms with Crippen LogP contribution < -0.4 is 10.6 Å². The summed E-state index contributed by atoms with van der Waals surface area (Å²) in [7, 11) is 1.79. The van der Waals surface area contributed by atoms with Crippen LogP contribution in [-0.2, 0) is 17.2 Å². The number of nitrogens with one attached hydrogen (secondary N) is 2. The van der Waals surface area contributed by atoms with Gasteiger partial charge in [0.25, 0.3) is 5.91 Å². The lowest BCUT2D eigenvalue weighted by Gasteiger charge is -2.26. The van der Waals surface area contributed by atoms with Crippen LogP contribution in [0, 0.1) is 11.8 Å². The van der Waals surface area contributed by atoms with Crippen LogP contribution >= 0.6 is 0 Å². The van der Waals surface area contributed by atoms with Gasteiger partial charge in [-0.2, -0.15) is 5.10 Å². The Balaban J connectivity index is 1.30. The Labute approximate surface area is 220 Å². The van der Waals surface area contributed by atoms with Crippen molar-refractivity contribution in [2.24, 2.45) is 7.05 Å². The molecule has 1 aliphatic heterocycles. The van der Waals surface area contributed by atoms with Gasteiger partial charge in [-0.05, 0) is 61.5 Å². The van der Waals surface area contributed by atoms with Gasteiger partial charge in [0.1, 0.15) is 5.69 Å². The van der Waals surface area contributed by atoms with Gasteiger partial charge in [0.05, 0.1) is 18.9 Å². The van der Waals surface area contributed by atoms with Crippen molar-refractivity contribution in [3.8, 4) is 11.8 Å². The van der Waals surface area contributed by atoms with Crippen LogP contribution in [0.3, 0.4) is 0 Å². The minimum absolute atomic E-state index is 0.122. The lowest BCUT2D eigenvalue weighted by molar-refractivity contribution is 0.0378. The van der Waals surface area contributed by atoms with E-state index in [1.54, 1.807) is 11.7 Å². The maximum absolute atomic E-state index is 12.9. The third-order valence-electron chi connectivity index (χ3n) is 6.32. The molecule has 2 heterocycles. The van der Waals surface area contributed by atoms with Crippen LogP contribution in [0.15, 0.2) is 54.6 Å². The normalized spacial score (nSPS) is 14.1. The molecule has 0 unspecified atom stereocenters. The fraction of sp³-hybridized carbons (Fsp3) is 0.400. The van der Waals surface area contributed by atoms with Crippen molar-refractivity contribution in [3.05, 3.63) is 77.1 Å². The molecule has 1 fully saturated rings. The zero-order chi connectivity index (χ0) is 26.3. The Morgan fingerprint density at radius 1 is 1.00 bits per heavy atom. The SMILES string of the molecule is Cn1nc(C(C)(C)C)cc1C(=O)Nc1cccc(C#Cc2ccc(NCCCN3CCOCC3)cc2)c1. The van der Waals surface area contributed by atoms with Gasteiger partial charge >= 0.3 is 0 Å². The lowest BCUT2D eigenvalue weighted by Crippen LogP contribution is -2.37. The molecule has 0 atom stereocenters. The second-order valence-electron chi connectivity index (χ2n) is 10.4. The fourth-order valence-electron chi connectivity index (χ4n) is 4.09. The molecule has 4 rings (SSSR count). The number of ether oxygens (including phenoxy) is 1. The molecule has 0 spiro atoms. The van der Waals surface area contributed by atoms with Crippen molar-refractivity contribution in [1.82, 2.24) is 14.7 Å². The fourth-order valence-corrected chi connectivity index (χ4v) is 4.09. The van der Waals surface area contributed by atoms with Crippen LogP contribution in [-0.4, -0.2) is 60.0 Å². The quantitative estimate of drug-likeness (QED) is 0.370. The van der Waals surface area contributed by atoms with Crippen molar-refractivity contribution < 1.29 is 9.53 Å². The predicted molar refractivity (Wildman–Crippen MR) is 149 cm³/mol. The van der Waals surface area contributed by atoms with Gasteiger partial charge in [-0.25, -0.2) is 0 Å². The highest BCUT2D eigenvalue weighted by Crippen LogP contribution is 2.22. The Hall–Kier alpha value is -3.60. The summed E-state index contributed by atoms with van der Waals surface area (Å²) in [4.78, 5) is 15.3. The first kappa shape index (κ1) is 26.5. The monoisotopic (exact) mass is 499 g/mol. The van der Waals surface area contributed by atoms with E-state index in [4.69, 9.17) is 4.74 Å². The molecular formula is C30H37N5O2. The van der Waals surface area contributed by atoms with Crippen molar-refractivity contribution in [2.45, 2.75) is 32.6 Å². The van der Waals surface area contributed by atoms with Gasteiger partial charge in [0.2, 0.25) is 0 Å². The predicted octanol–water partition coefficient (Wildman–Crippen LogP) is 4.50. The van der Waals surface area contributed by atoms with Crippen molar-refractivity contribution in [2.75, 3.05) is 50.0 Å². The number of amides is 1. The van der Waals surface area contributed by atoms with Crippen molar-refractivity contribution >= 4 is 17.3 Å². The largest absolute Gasteiger partial charge is 0.385 e. The zero-order valence-corrected chi connectivity index (χ0v) is 22.3. The lowest BCUT2D eigenvalue weighted by atomic mass is 9.92. The summed E-state index contributed by atoms with van der Waals surface area (Å²) >= 11 is 0. The van der Waals surface area contributed by atoms with E-state index in [0.717, 1.165) is 68.3 Å². The summed E-state index contributed by atoms with van der Waals surface area (Å²) in [5, 5.41) is 10.9. The van der Waals surface area contributed by atoms with E-state index < -0.39 is 0 Å². The first-order valence-corrected chi connectivity index (χ1v) is 12.9. The van der Waals surface area contributed by atoms with Gasteiger partial charge in [-0.15, -0.1) is 0 Å². The molecule has 0 aliphatic carbocycles. The molecule has 7 heteroatoms. The van der Waals surface area contributed by atoms with E-state index in [0.29, 0.717) is 11.4 Å². The number of morpholine rings is 1. The molecule has 3 aromatic rings. The van der Waals surface area contributed by atoms with Crippen molar-refractivity contribution in [3.63, 3.8) is 0 Å². The molecule has 194 valence electrons. The van der Waals surface area contributed by atoms with Crippen LogP contribution in [0.4, 0.5) is 11.4 Å². The molecule has 0 saturated carbocycles. The maximum atomic E-state index is 12.9. The molecule has 37 heavy (non-hydrogen) atoms. The summed E-state index contributed by atoms with van der Waals surface area (Å²) in [6.45, 7) is 12.0. The Morgan fingerprint density at radius 3 is 2.43 bits per heavy atom. The van der Waals surface area contributed by atoms with E-state index in [1.165, 1.54) is 0 Å². The second kappa shape index (κ2) is 12.1. The molecule has 2 aromatic carbocycles. The molecule has 1 amide bonds. The molecule has 1 aromatic heterocycles. The number of benzene rings is 2. The molecule has 1 saturated heterocycles. The average Bonchev–Trinajstić information content (AvgIpc) is 3.29. The number of hydrogen-bond donors (Lipinski definition) is 2. The molecule has 0 bridgehead atoms. The highest BCUT2D eigenvalue weighted by Gasteiger charge is 2.21. The minimum atomic E-state index is -0.191. The standard InChI is InChI=1S/C30H37N5O2/c1-30(2,3)28-22-27(34(4)33-28)29(36)32-26-8-5-7-24(21-26)10-9-23-11-13-25(14-12-23)31-15-6-16-35-17-19-37-20-18-35/h5,7-8,11-14,21-22,31H,6,15-20H2,1-4H3,(H,32,36). The van der Waals surface area contributed by atoms with Gasteiger partial charge in [-0.3, -0.25) is 14.4 Å². The Morgan fingerprint density at radius 2 is 1.73 bits per heavy atom. The number of carbonyl (C=O) groups excluding carboxylic acids is 1. The second-order valence-corrected chi connectivity index (χ2v) is 10.4. The third-order valence-corrected chi connectivity index (χ3v) is 6.32. The van der Waals surface area contributed by atoms with Crippen LogP contribution in [0.2, 0.25) is 0 Å². The summed E-state index contributed by atoms with van der Waals surface area (Å²) in [5.41, 5.74) is 4.86. The number of nitrogens with zero attached hydrogens (tertiary/aromatic N) is 3. The molecule has 1 aliphatic rings. The van der Waals surface area contributed by atoms with Gasteiger partial charge in [-0.1, -0.05) is 38.7 Å². The van der Waals surface area contributed by atoms with E-state index in [2.05, 4.69) is 65.4 Å². The molecule has 0 radical (unpaired) electrons. The van der Waals surface area contributed by atoms with Crippen molar-refractivity contribution in [1.29, 1.82) is 0 Å². The van der Waals surface area contributed by atoms with Crippen LogP contribution in [0.1, 0.15) is 54.5 Å². The maximum Gasteiger partial charge on any atom is 0.273 e. The average molecular weight is 500 g/mol. The summed E-state index contributed by atoms with van der Waals surface area (Å²) in [6.07, 6.45) is 1.10. The number of rotatable bonds is 7. The Kier molecular flexibility index (Phi) is 8.65. The Bertz CT molecular complexity index is 1260. The van der Waals surface area contributed by atoms with E-state index in [-0.39, 0.29) is 11.3 Å². The smallest absolute Gasteiger partial charge is 0.273 e. The molecule has 7 nitrogen and oxygen atoms in total. The summed E-state index contributed by atoms with van der Waals surface area (Å²) < 4.78 is 7.03. The van der Waals surface area contributed by atoms with E-state index in [1.807, 2.05) is 42.5 Å².